The molecule has 2 N–H and O–H groups in total. The second kappa shape index (κ2) is 9.76. The molecule has 1 saturated heterocycles. The van der Waals surface area contributed by atoms with Gasteiger partial charge in [-0.1, -0.05) is 11.6 Å². The van der Waals surface area contributed by atoms with Crippen molar-refractivity contribution in [2.45, 2.75) is 31.4 Å². The maximum Gasteiger partial charge on any atom is 0.222 e. The van der Waals surface area contributed by atoms with Crippen molar-refractivity contribution >= 4 is 23.4 Å². The second-order valence-electron chi connectivity index (χ2n) is 7.11. The van der Waals surface area contributed by atoms with Gasteiger partial charge in [-0.3, -0.25) is 14.3 Å². The number of amides is 2. The molecule has 9 heteroatoms. The summed E-state index contributed by atoms with van der Waals surface area (Å²) in [7, 11) is 0. The summed E-state index contributed by atoms with van der Waals surface area (Å²) in [6.45, 7) is 1.83. The van der Waals surface area contributed by atoms with Gasteiger partial charge in [-0.05, 0) is 36.8 Å². The van der Waals surface area contributed by atoms with Crippen LogP contribution in [0.2, 0.25) is 5.02 Å². The average molecular weight is 421 g/mol. The highest BCUT2D eigenvalue weighted by atomic mass is 35.5. The van der Waals surface area contributed by atoms with E-state index in [1.54, 1.807) is 40.0 Å². The van der Waals surface area contributed by atoms with E-state index in [0.717, 1.165) is 0 Å². The van der Waals surface area contributed by atoms with Gasteiger partial charge in [0.05, 0.1) is 19.6 Å². The normalized spacial score (nSPS) is 19.1. The van der Waals surface area contributed by atoms with E-state index in [9.17, 15) is 9.59 Å². The fourth-order valence-electron chi connectivity index (χ4n) is 3.35. The largest absolute Gasteiger partial charge is 0.490 e. The van der Waals surface area contributed by atoms with E-state index in [-0.39, 0.29) is 25.5 Å². The van der Waals surface area contributed by atoms with Crippen LogP contribution in [0.1, 0.15) is 19.3 Å². The van der Waals surface area contributed by atoms with E-state index < -0.39 is 11.5 Å². The van der Waals surface area contributed by atoms with E-state index >= 15 is 0 Å². The van der Waals surface area contributed by atoms with E-state index in [2.05, 4.69) is 5.10 Å². The number of carbonyl (C=O) groups excluding carboxylic acids is 2. The summed E-state index contributed by atoms with van der Waals surface area (Å²) in [5.74, 6) is 0.114. The molecule has 2 amide bonds. The number of ether oxygens (including phenoxy) is 2. The zero-order valence-corrected chi connectivity index (χ0v) is 16.9. The molecular weight excluding hydrogens is 396 g/mol. The standard InChI is InChI=1S/C20H25ClN4O4/c21-16-4-6-17(7-5-16)28-15-20(13-18(22)26)14-24(11-12-29-20)19(27)3-1-9-25-10-2-8-23-25/h2,4-8,10H,1,3,9,11-15H2,(H2,22,26)/t20-/m1/s1. The molecule has 1 aromatic carbocycles. The molecule has 0 spiro atoms. The monoisotopic (exact) mass is 420 g/mol. The maximum atomic E-state index is 12.7. The number of nitrogens with zero attached hydrogens (tertiary/aromatic N) is 3. The molecule has 8 nitrogen and oxygen atoms in total. The molecule has 0 aliphatic carbocycles. The number of morpholine rings is 1. The minimum Gasteiger partial charge on any atom is -0.490 e. The summed E-state index contributed by atoms with van der Waals surface area (Å²) >= 11 is 5.89. The highest BCUT2D eigenvalue weighted by Gasteiger charge is 2.40. The van der Waals surface area contributed by atoms with Crippen molar-refractivity contribution in [3.8, 4) is 5.75 Å². The first-order valence-corrected chi connectivity index (χ1v) is 9.89. The van der Waals surface area contributed by atoms with Crippen LogP contribution in [0.25, 0.3) is 0 Å². The van der Waals surface area contributed by atoms with Crippen LogP contribution < -0.4 is 10.5 Å². The Hall–Kier alpha value is -2.58. The lowest BCUT2D eigenvalue weighted by atomic mass is 9.97. The van der Waals surface area contributed by atoms with Gasteiger partial charge < -0.3 is 20.1 Å². The van der Waals surface area contributed by atoms with Crippen molar-refractivity contribution in [3.63, 3.8) is 0 Å². The van der Waals surface area contributed by atoms with Crippen molar-refractivity contribution in [2.24, 2.45) is 5.73 Å². The third-order valence-corrected chi connectivity index (χ3v) is 5.00. The van der Waals surface area contributed by atoms with Crippen molar-refractivity contribution in [3.05, 3.63) is 47.7 Å². The first-order valence-electron chi connectivity index (χ1n) is 9.52. The molecule has 156 valence electrons. The Labute approximate surface area is 174 Å². The SMILES string of the molecule is NC(=O)C[C@]1(COc2ccc(Cl)cc2)CN(C(=O)CCCn2cccn2)CCO1. The summed E-state index contributed by atoms with van der Waals surface area (Å²) in [6, 6.07) is 8.76. The Kier molecular flexibility index (Phi) is 7.11. The first-order chi connectivity index (χ1) is 14.0. The van der Waals surface area contributed by atoms with E-state index in [4.69, 9.17) is 26.8 Å². The van der Waals surface area contributed by atoms with Crippen LogP contribution in [-0.2, 0) is 20.9 Å². The van der Waals surface area contributed by atoms with Gasteiger partial charge in [0.15, 0.2) is 0 Å². The smallest absolute Gasteiger partial charge is 0.222 e. The Morgan fingerprint density at radius 2 is 2.10 bits per heavy atom. The highest BCUT2D eigenvalue weighted by Crippen LogP contribution is 2.25. The van der Waals surface area contributed by atoms with Crippen LogP contribution in [0.5, 0.6) is 5.75 Å². The maximum absolute atomic E-state index is 12.7. The molecule has 1 aromatic heterocycles. The molecule has 29 heavy (non-hydrogen) atoms. The van der Waals surface area contributed by atoms with Crippen LogP contribution >= 0.6 is 11.6 Å². The number of hydrogen-bond acceptors (Lipinski definition) is 5. The molecule has 0 radical (unpaired) electrons. The van der Waals surface area contributed by atoms with E-state index in [1.165, 1.54) is 0 Å². The van der Waals surface area contributed by atoms with Gasteiger partial charge in [0, 0.05) is 36.9 Å². The lowest BCUT2D eigenvalue weighted by Crippen LogP contribution is -2.58. The van der Waals surface area contributed by atoms with Crippen molar-refractivity contribution in [1.82, 2.24) is 14.7 Å². The molecule has 2 heterocycles. The summed E-state index contributed by atoms with van der Waals surface area (Å²) in [5.41, 5.74) is 4.48. The van der Waals surface area contributed by atoms with Crippen LogP contribution in [0, 0.1) is 0 Å². The minimum atomic E-state index is -0.971. The topological polar surface area (TPSA) is 99.7 Å². The van der Waals surface area contributed by atoms with Gasteiger partial charge in [-0.15, -0.1) is 0 Å². The number of primary amides is 1. The van der Waals surface area contributed by atoms with Crippen molar-refractivity contribution in [2.75, 3.05) is 26.3 Å². The lowest BCUT2D eigenvalue weighted by Gasteiger charge is -2.42. The quantitative estimate of drug-likeness (QED) is 0.667. The van der Waals surface area contributed by atoms with E-state index in [0.29, 0.717) is 43.3 Å². The van der Waals surface area contributed by atoms with Crippen LogP contribution in [0.3, 0.4) is 0 Å². The number of aromatic nitrogens is 2. The molecule has 0 saturated carbocycles. The Morgan fingerprint density at radius 3 is 2.79 bits per heavy atom. The van der Waals surface area contributed by atoms with E-state index in [1.807, 2.05) is 12.3 Å². The predicted octanol–water partition coefficient (Wildman–Crippen LogP) is 1.87. The Balaban J connectivity index is 1.59. The molecule has 1 aliphatic rings. The van der Waals surface area contributed by atoms with Crippen LogP contribution in [-0.4, -0.2) is 58.4 Å². The summed E-state index contributed by atoms with van der Waals surface area (Å²) in [4.78, 5) is 26.1. The Bertz CT molecular complexity index is 812. The minimum absolute atomic E-state index is 0.0146. The highest BCUT2D eigenvalue weighted by molar-refractivity contribution is 6.30. The number of nitrogens with two attached hydrogens (primary N) is 1. The predicted molar refractivity (Wildman–Crippen MR) is 107 cm³/mol. The number of aryl methyl sites for hydroxylation is 1. The van der Waals surface area contributed by atoms with Crippen molar-refractivity contribution in [1.29, 1.82) is 0 Å². The third kappa shape index (κ3) is 6.20. The van der Waals surface area contributed by atoms with Gasteiger partial charge in [-0.2, -0.15) is 5.10 Å². The van der Waals surface area contributed by atoms with Gasteiger partial charge in [0.1, 0.15) is 18.0 Å². The summed E-state index contributed by atoms with van der Waals surface area (Å²) in [5, 5.41) is 4.74. The molecule has 0 bridgehead atoms. The number of rotatable bonds is 9. The molecule has 1 aliphatic heterocycles. The Morgan fingerprint density at radius 1 is 1.31 bits per heavy atom. The van der Waals surface area contributed by atoms with Gasteiger partial charge in [0.25, 0.3) is 0 Å². The second-order valence-corrected chi connectivity index (χ2v) is 7.54. The summed E-state index contributed by atoms with van der Waals surface area (Å²) < 4.78 is 13.5. The fraction of sp³-hybridized carbons (Fsp3) is 0.450. The molecular formula is C20H25ClN4O4. The lowest BCUT2D eigenvalue weighted by molar-refractivity contribution is -0.161. The first kappa shape index (κ1) is 21.1. The number of carbonyl (C=O) groups is 2. The van der Waals surface area contributed by atoms with Gasteiger partial charge in [0.2, 0.25) is 11.8 Å². The molecule has 2 aromatic rings. The fourth-order valence-corrected chi connectivity index (χ4v) is 3.48. The number of halogens is 1. The number of hydrogen-bond donors (Lipinski definition) is 1. The molecule has 1 atom stereocenters. The number of benzene rings is 1. The molecule has 3 rings (SSSR count). The van der Waals surface area contributed by atoms with Crippen molar-refractivity contribution < 1.29 is 19.1 Å². The molecule has 1 fully saturated rings. The van der Waals surface area contributed by atoms with Crippen LogP contribution in [0.4, 0.5) is 0 Å². The third-order valence-electron chi connectivity index (χ3n) is 4.75. The van der Waals surface area contributed by atoms with Gasteiger partial charge in [-0.25, -0.2) is 0 Å². The van der Waals surface area contributed by atoms with Crippen LogP contribution in [0.15, 0.2) is 42.7 Å². The molecule has 0 unspecified atom stereocenters. The average Bonchev–Trinajstić information content (AvgIpc) is 3.21. The summed E-state index contributed by atoms with van der Waals surface area (Å²) in [6.07, 6.45) is 4.62. The van der Waals surface area contributed by atoms with Gasteiger partial charge >= 0.3 is 0 Å². The zero-order chi connectivity index (χ0) is 20.7. The zero-order valence-electron chi connectivity index (χ0n) is 16.1.